The first-order chi connectivity index (χ1) is 20.3. The van der Waals surface area contributed by atoms with Crippen LogP contribution in [0.15, 0.2) is 60.7 Å². The summed E-state index contributed by atoms with van der Waals surface area (Å²) >= 11 is 0. The number of rotatable bonds is 12. The van der Waals surface area contributed by atoms with Crippen molar-refractivity contribution < 1.29 is 19.1 Å². The second kappa shape index (κ2) is 15.0. The predicted octanol–water partition coefficient (Wildman–Crippen LogP) is 8.09. The van der Waals surface area contributed by atoms with Crippen LogP contribution in [0, 0.1) is 19.8 Å². The highest BCUT2D eigenvalue weighted by molar-refractivity contribution is 6.00. The van der Waals surface area contributed by atoms with Crippen LogP contribution in [0.3, 0.4) is 0 Å². The molecule has 0 saturated heterocycles. The number of hydrogen-bond acceptors (Lipinski definition) is 4. The van der Waals surface area contributed by atoms with E-state index in [2.05, 4.69) is 17.6 Å². The van der Waals surface area contributed by atoms with Gasteiger partial charge < -0.3 is 20.3 Å². The Morgan fingerprint density at radius 2 is 1.53 bits per heavy atom. The molecule has 0 saturated carbocycles. The average molecular weight is 588 g/mol. The van der Waals surface area contributed by atoms with Crippen LogP contribution in [0.1, 0.15) is 90.0 Å². The fourth-order valence-corrected chi connectivity index (χ4v) is 5.41. The highest BCUT2D eigenvalue weighted by atomic mass is 16.6. The van der Waals surface area contributed by atoms with E-state index in [-0.39, 0.29) is 17.7 Å². The molecule has 0 fully saturated rings. The molecule has 3 aromatic rings. The van der Waals surface area contributed by atoms with E-state index >= 15 is 0 Å². The number of hydrogen-bond donors (Lipinski definition) is 2. The molecule has 7 heteroatoms. The Labute approximate surface area is 257 Å². The van der Waals surface area contributed by atoms with Crippen molar-refractivity contribution in [2.45, 2.75) is 98.8 Å². The third-order valence-electron chi connectivity index (χ3n) is 7.37. The van der Waals surface area contributed by atoms with Gasteiger partial charge in [0.2, 0.25) is 5.91 Å². The fourth-order valence-electron chi connectivity index (χ4n) is 5.41. The van der Waals surface area contributed by atoms with Gasteiger partial charge in [-0.15, -0.1) is 0 Å². The molecule has 0 bridgehead atoms. The summed E-state index contributed by atoms with van der Waals surface area (Å²) in [5.74, 6) is -0.471. The molecular formula is C36H49N3O4. The van der Waals surface area contributed by atoms with E-state index in [0.717, 1.165) is 46.7 Å². The molecule has 2 unspecified atom stereocenters. The van der Waals surface area contributed by atoms with E-state index in [0.29, 0.717) is 18.7 Å². The van der Waals surface area contributed by atoms with Crippen LogP contribution >= 0.6 is 0 Å². The first-order valence-corrected chi connectivity index (χ1v) is 15.5. The Kier molecular flexibility index (Phi) is 11.8. The van der Waals surface area contributed by atoms with Crippen molar-refractivity contribution >= 4 is 34.4 Å². The molecule has 2 N–H and O–H groups in total. The summed E-state index contributed by atoms with van der Waals surface area (Å²) in [6.45, 7) is 15.8. The number of alkyl carbamates (subject to hydrolysis) is 1. The van der Waals surface area contributed by atoms with Crippen molar-refractivity contribution in [3.8, 4) is 0 Å². The van der Waals surface area contributed by atoms with Gasteiger partial charge in [0, 0.05) is 12.2 Å². The predicted molar refractivity (Wildman–Crippen MR) is 175 cm³/mol. The van der Waals surface area contributed by atoms with E-state index in [4.69, 9.17) is 4.74 Å². The normalized spacial score (nSPS) is 13.0. The number of unbranched alkanes of at least 4 members (excludes halogenated alkanes) is 2. The molecule has 3 rings (SSSR count). The summed E-state index contributed by atoms with van der Waals surface area (Å²) < 4.78 is 5.52. The number of benzene rings is 3. The van der Waals surface area contributed by atoms with Crippen LogP contribution in [0.5, 0.6) is 0 Å². The molecule has 0 aromatic heterocycles. The van der Waals surface area contributed by atoms with Crippen LogP contribution in [-0.2, 0) is 14.3 Å². The monoisotopic (exact) mass is 587 g/mol. The van der Waals surface area contributed by atoms with Gasteiger partial charge in [-0.1, -0.05) is 82.1 Å². The minimum Gasteiger partial charge on any atom is -0.444 e. The van der Waals surface area contributed by atoms with E-state index < -0.39 is 23.8 Å². The highest BCUT2D eigenvalue weighted by Gasteiger charge is 2.37. The Morgan fingerprint density at radius 1 is 0.884 bits per heavy atom. The maximum atomic E-state index is 14.5. The van der Waals surface area contributed by atoms with Gasteiger partial charge in [0.05, 0.1) is 0 Å². The van der Waals surface area contributed by atoms with E-state index in [1.807, 2.05) is 88.4 Å². The lowest BCUT2D eigenvalue weighted by Gasteiger charge is -2.36. The summed E-state index contributed by atoms with van der Waals surface area (Å²) in [5.41, 5.74) is 2.59. The van der Waals surface area contributed by atoms with Gasteiger partial charge in [0.25, 0.3) is 5.91 Å². The van der Waals surface area contributed by atoms with E-state index in [1.54, 1.807) is 25.7 Å². The number of amides is 3. The van der Waals surface area contributed by atoms with Gasteiger partial charge in [0.15, 0.2) is 0 Å². The molecule has 0 aliphatic rings. The number of fused-ring (bicyclic) bond motifs is 1. The molecule has 232 valence electrons. The molecule has 0 spiro atoms. The van der Waals surface area contributed by atoms with Gasteiger partial charge in [0.1, 0.15) is 17.7 Å². The Hall–Kier alpha value is -3.87. The summed E-state index contributed by atoms with van der Waals surface area (Å²) in [7, 11) is 0. The van der Waals surface area contributed by atoms with Crippen LogP contribution in [0.4, 0.5) is 10.5 Å². The molecule has 7 nitrogen and oxygen atoms in total. The molecular weight excluding hydrogens is 538 g/mol. The zero-order valence-corrected chi connectivity index (χ0v) is 27.1. The van der Waals surface area contributed by atoms with Gasteiger partial charge >= 0.3 is 6.09 Å². The average Bonchev–Trinajstić information content (AvgIpc) is 2.91. The standard InChI is InChI=1S/C36H49N3O4/c1-9-10-13-21-39(34(41)30(22-24(2)3)38-35(42)43-36(6,7)8)32(31-25(4)15-14-16-26(31)5)33(40)37-29-20-19-27-17-11-12-18-28(27)23-29/h11-12,14-20,23-24,30,32H,9-10,13,21-22H2,1-8H3,(H,37,40)(H,38,42). The number of aryl methyl sites for hydroxylation is 2. The number of carbonyl (C=O) groups excluding carboxylic acids is 3. The zero-order chi connectivity index (χ0) is 31.7. The first kappa shape index (κ1) is 33.6. The van der Waals surface area contributed by atoms with Gasteiger partial charge in [-0.3, -0.25) is 9.59 Å². The van der Waals surface area contributed by atoms with E-state index in [1.165, 1.54) is 0 Å². The van der Waals surface area contributed by atoms with E-state index in [9.17, 15) is 14.4 Å². The maximum absolute atomic E-state index is 14.5. The fraction of sp³-hybridized carbons (Fsp3) is 0.472. The molecule has 0 aliphatic heterocycles. The van der Waals surface area contributed by atoms with Gasteiger partial charge in [-0.25, -0.2) is 4.79 Å². The molecule has 0 aliphatic carbocycles. The van der Waals surface area contributed by atoms with Crippen molar-refractivity contribution in [1.29, 1.82) is 0 Å². The van der Waals surface area contributed by atoms with Crippen molar-refractivity contribution in [2.75, 3.05) is 11.9 Å². The molecule has 3 aromatic carbocycles. The van der Waals surface area contributed by atoms with Gasteiger partial charge in [-0.05, 0) is 93.0 Å². The summed E-state index contributed by atoms with van der Waals surface area (Å²) in [4.78, 5) is 43.4. The Balaban J connectivity index is 2.08. The van der Waals surface area contributed by atoms with Crippen LogP contribution < -0.4 is 10.6 Å². The van der Waals surface area contributed by atoms with Gasteiger partial charge in [-0.2, -0.15) is 0 Å². The minimum atomic E-state index is -0.896. The molecule has 3 amide bonds. The summed E-state index contributed by atoms with van der Waals surface area (Å²) in [6, 6.07) is 18.0. The van der Waals surface area contributed by atoms with Crippen LogP contribution in [-0.4, -0.2) is 41.0 Å². The van der Waals surface area contributed by atoms with Crippen molar-refractivity contribution in [3.63, 3.8) is 0 Å². The summed E-state index contributed by atoms with van der Waals surface area (Å²) in [5, 5.41) is 8.04. The third-order valence-corrected chi connectivity index (χ3v) is 7.37. The Bertz CT molecular complexity index is 1390. The smallest absolute Gasteiger partial charge is 0.408 e. The lowest BCUT2D eigenvalue weighted by atomic mass is 9.92. The number of carbonyl (C=O) groups is 3. The largest absolute Gasteiger partial charge is 0.444 e. The summed E-state index contributed by atoms with van der Waals surface area (Å²) in [6.07, 6.45) is 2.36. The maximum Gasteiger partial charge on any atom is 0.408 e. The number of nitrogens with zero attached hydrogens (tertiary/aromatic N) is 1. The van der Waals surface area contributed by atoms with Crippen LogP contribution in [0.2, 0.25) is 0 Å². The lowest BCUT2D eigenvalue weighted by Crippen LogP contribution is -2.53. The van der Waals surface area contributed by atoms with Crippen molar-refractivity contribution in [3.05, 3.63) is 77.4 Å². The second-order valence-electron chi connectivity index (χ2n) is 12.8. The molecule has 0 heterocycles. The topological polar surface area (TPSA) is 87.7 Å². The molecule has 0 radical (unpaired) electrons. The SMILES string of the molecule is CCCCCN(C(=O)C(CC(C)C)NC(=O)OC(C)(C)C)C(C(=O)Nc1ccc2ccccc2c1)c1c(C)cccc1C. The quantitative estimate of drug-likeness (QED) is 0.210. The second-order valence-corrected chi connectivity index (χ2v) is 12.8. The number of anilines is 1. The first-order valence-electron chi connectivity index (χ1n) is 15.5. The number of ether oxygens (including phenoxy) is 1. The minimum absolute atomic E-state index is 0.117. The van der Waals surface area contributed by atoms with Crippen molar-refractivity contribution in [1.82, 2.24) is 10.2 Å². The lowest BCUT2D eigenvalue weighted by molar-refractivity contribution is -0.141. The Morgan fingerprint density at radius 3 is 2.14 bits per heavy atom. The molecule has 2 atom stereocenters. The van der Waals surface area contributed by atoms with Crippen molar-refractivity contribution in [2.24, 2.45) is 5.92 Å². The van der Waals surface area contributed by atoms with Crippen LogP contribution in [0.25, 0.3) is 10.8 Å². The highest BCUT2D eigenvalue weighted by Crippen LogP contribution is 2.31. The third kappa shape index (κ3) is 9.57. The molecule has 43 heavy (non-hydrogen) atoms. The number of nitrogens with one attached hydrogen (secondary N) is 2. The zero-order valence-electron chi connectivity index (χ0n) is 27.1.